The van der Waals surface area contributed by atoms with E-state index in [-0.39, 0.29) is 35.7 Å². The van der Waals surface area contributed by atoms with Gasteiger partial charge in [0, 0.05) is 5.92 Å². The molecule has 2 saturated heterocycles. The van der Waals surface area contributed by atoms with Crippen LogP contribution >= 0.6 is 0 Å². The van der Waals surface area contributed by atoms with Gasteiger partial charge in [-0.3, -0.25) is 14.4 Å². The van der Waals surface area contributed by atoms with E-state index in [1.807, 2.05) is 0 Å². The van der Waals surface area contributed by atoms with E-state index in [0.717, 1.165) is 19.3 Å². The highest BCUT2D eigenvalue weighted by atomic mass is 16.6. The van der Waals surface area contributed by atoms with Crippen LogP contribution in [-0.2, 0) is 23.9 Å². The Kier molecular flexibility index (Phi) is 2.24. The Morgan fingerprint density at radius 1 is 0.609 bits per heavy atom. The highest BCUT2D eigenvalue weighted by molar-refractivity contribution is 5.97. The van der Waals surface area contributed by atoms with E-state index < -0.39 is 0 Å². The first-order chi connectivity index (χ1) is 11.1. The van der Waals surface area contributed by atoms with Crippen LogP contribution in [0.25, 0.3) is 0 Å². The Morgan fingerprint density at radius 2 is 1.17 bits per heavy atom. The molecule has 0 amide bonds. The Morgan fingerprint density at radius 3 is 1.96 bits per heavy atom. The van der Waals surface area contributed by atoms with Crippen LogP contribution in [0.5, 0.6) is 0 Å². The van der Waals surface area contributed by atoms with Gasteiger partial charge in [-0.1, -0.05) is 0 Å². The second-order valence-corrected chi connectivity index (χ2v) is 8.73. The molecule has 122 valence electrons. The molecule has 0 aromatic carbocycles. The van der Waals surface area contributed by atoms with Gasteiger partial charge in [0.1, 0.15) is 0 Å². The molecular weight excluding hydrogens is 296 g/mol. The lowest BCUT2D eigenvalue weighted by atomic mass is 9.63. The third-order valence-electron chi connectivity index (χ3n) is 8.26. The Labute approximate surface area is 134 Å². The van der Waals surface area contributed by atoms with Gasteiger partial charge in [0.15, 0.2) is 0 Å². The number of hydrogen-bond acceptors (Lipinski definition) is 5. The summed E-state index contributed by atoms with van der Waals surface area (Å²) in [5.41, 5.74) is 0. The number of carbonyl (C=O) groups is 3. The van der Waals surface area contributed by atoms with Crippen LogP contribution in [0.3, 0.4) is 0 Å². The number of cyclic esters (lactones) is 3. The Hall–Kier alpha value is -1.39. The van der Waals surface area contributed by atoms with Crippen molar-refractivity contribution < 1.29 is 23.9 Å². The molecule has 5 nitrogen and oxygen atoms in total. The first-order valence-electron chi connectivity index (χ1n) is 9.05. The molecule has 23 heavy (non-hydrogen) atoms. The van der Waals surface area contributed by atoms with Gasteiger partial charge in [0.25, 0.3) is 0 Å². The molecule has 0 aromatic rings. The fourth-order valence-electron chi connectivity index (χ4n) is 7.71. The number of carbonyl (C=O) groups excluding carboxylic acids is 3. The SMILES string of the molecule is O=C1OCC2C3CC(CC3C3CC4CC3C3C(=O)OC(=O)C43)C12. The molecule has 0 spiro atoms. The number of esters is 3. The van der Waals surface area contributed by atoms with Crippen molar-refractivity contribution >= 4 is 17.9 Å². The molecule has 5 heteroatoms. The van der Waals surface area contributed by atoms with Crippen LogP contribution in [0.1, 0.15) is 25.7 Å². The van der Waals surface area contributed by atoms with Gasteiger partial charge in [0.2, 0.25) is 0 Å². The Balaban J connectivity index is 1.29. The van der Waals surface area contributed by atoms with Gasteiger partial charge < -0.3 is 9.47 Å². The number of hydrogen-bond donors (Lipinski definition) is 0. The summed E-state index contributed by atoms with van der Waals surface area (Å²) in [6.45, 7) is 0.606. The maximum absolute atomic E-state index is 12.1. The van der Waals surface area contributed by atoms with Crippen LogP contribution in [0.15, 0.2) is 0 Å². The van der Waals surface area contributed by atoms with E-state index in [4.69, 9.17) is 9.47 Å². The second-order valence-electron chi connectivity index (χ2n) is 8.73. The summed E-state index contributed by atoms with van der Waals surface area (Å²) in [6, 6.07) is 0. The molecule has 2 aliphatic heterocycles. The summed E-state index contributed by atoms with van der Waals surface area (Å²) in [6.07, 6.45) is 4.39. The molecule has 6 fully saturated rings. The molecule has 4 saturated carbocycles. The summed E-state index contributed by atoms with van der Waals surface area (Å²) >= 11 is 0. The summed E-state index contributed by atoms with van der Waals surface area (Å²) in [5.74, 6) is 2.69. The van der Waals surface area contributed by atoms with Gasteiger partial charge in [-0.15, -0.1) is 0 Å². The molecule has 10 unspecified atom stereocenters. The van der Waals surface area contributed by atoms with Gasteiger partial charge >= 0.3 is 17.9 Å². The lowest BCUT2D eigenvalue weighted by Crippen LogP contribution is -2.38. The zero-order valence-corrected chi connectivity index (χ0v) is 12.9. The second kappa shape index (κ2) is 3.98. The zero-order chi connectivity index (χ0) is 15.5. The maximum Gasteiger partial charge on any atom is 0.317 e. The summed E-state index contributed by atoms with van der Waals surface area (Å²) in [5, 5.41) is 0. The number of rotatable bonds is 1. The van der Waals surface area contributed by atoms with Gasteiger partial charge in [-0.05, 0) is 61.2 Å². The zero-order valence-electron chi connectivity index (χ0n) is 12.9. The molecule has 0 aromatic heterocycles. The molecule has 6 rings (SSSR count). The fourth-order valence-corrected chi connectivity index (χ4v) is 7.71. The highest BCUT2D eigenvalue weighted by Gasteiger charge is 2.67. The summed E-state index contributed by atoms with van der Waals surface area (Å²) < 4.78 is 10.2. The van der Waals surface area contributed by atoms with E-state index in [2.05, 4.69) is 0 Å². The largest absolute Gasteiger partial charge is 0.465 e. The minimum Gasteiger partial charge on any atom is -0.465 e. The van der Waals surface area contributed by atoms with Crippen molar-refractivity contribution in [1.82, 2.24) is 0 Å². The monoisotopic (exact) mass is 316 g/mol. The van der Waals surface area contributed by atoms with Crippen molar-refractivity contribution in [2.45, 2.75) is 25.7 Å². The maximum atomic E-state index is 12.1. The average molecular weight is 316 g/mol. The van der Waals surface area contributed by atoms with Crippen molar-refractivity contribution in [2.24, 2.45) is 59.2 Å². The molecule has 6 aliphatic rings. The average Bonchev–Trinajstić information content (AvgIpc) is 3.29. The molecule has 4 aliphatic carbocycles. The van der Waals surface area contributed by atoms with Gasteiger partial charge in [0.05, 0.1) is 24.4 Å². The lowest BCUT2D eigenvalue weighted by molar-refractivity contribution is -0.154. The molecular formula is C18H20O5. The minimum atomic E-state index is -0.270. The van der Waals surface area contributed by atoms with Crippen molar-refractivity contribution in [3.63, 3.8) is 0 Å². The van der Waals surface area contributed by atoms with Crippen molar-refractivity contribution in [3.05, 3.63) is 0 Å². The first-order valence-corrected chi connectivity index (χ1v) is 9.05. The number of fused-ring (bicyclic) bond motifs is 10. The van der Waals surface area contributed by atoms with E-state index in [1.54, 1.807) is 0 Å². The van der Waals surface area contributed by atoms with Crippen LogP contribution in [0.2, 0.25) is 0 Å². The van der Waals surface area contributed by atoms with Crippen LogP contribution in [-0.4, -0.2) is 24.5 Å². The third-order valence-corrected chi connectivity index (χ3v) is 8.26. The van der Waals surface area contributed by atoms with E-state index in [9.17, 15) is 14.4 Å². The normalized spacial score (nSPS) is 58.5. The predicted molar refractivity (Wildman–Crippen MR) is 75.4 cm³/mol. The van der Waals surface area contributed by atoms with Gasteiger partial charge in [-0.2, -0.15) is 0 Å². The third kappa shape index (κ3) is 1.39. The minimum absolute atomic E-state index is 0.0268. The summed E-state index contributed by atoms with van der Waals surface area (Å²) in [7, 11) is 0. The van der Waals surface area contributed by atoms with E-state index in [0.29, 0.717) is 48.0 Å². The Bertz CT molecular complexity index is 641. The van der Waals surface area contributed by atoms with Crippen LogP contribution in [0.4, 0.5) is 0 Å². The summed E-state index contributed by atoms with van der Waals surface area (Å²) in [4.78, 5) is 35.9. The highest BCUT2D eigenvalue weighted by Crippen LogP contribution is 2.67. The predicted octanol–water partition coefficient (Wildman–Crippen LogP) is 1.40. The standard InChI is InChI=1S/C18H20O5/c19-16-13-6-1-8(10(2-6)12(13)5-22-16)9-3-7-4-11(9)15-14(7)17(20)23-18(15)21/h6-15H,1-5H2. The van der Waals surface area contributed by atoms with Crippen LogP contribution < -0.4 is 0 Å². The van der Waals surface area contributed by atoms with E-state index in [1.165, 1.54) is 6.42 Å². The lowest BCUT2D eigenvalue weighted by Gasteiger charge is -2.38. The van der Waals surface area contributed by atoms with Gasteiger partial charge in [-0.25, -0.2) is 0 Å². The van der Waals surface area contributed by atoms with E-state index >= 15 is 0 Å². The molecule has 4 bridgehead atoms. The van der Waals surface area contributed by atoms with Crippen molar-refractivity contribution in [2.75, 3.05) is 6.61 Å². The first kappa shape index (κ1) is 13.0. The molecule has 0 radical (unpaired) electrons. The van der Waals surface area contributed by atoms with Crippen molar-refractivity contribution in [1.29, 1.82) is 0 Å². The molecule has 10 atom stereocenters. The quantitative estimate of drug-likeness (QED) is 0.540. The van der Waals surface area contributed by atoms with Crippen LogP contribution in [0, 0.1) is 59.2 Å². The smallest absolute Gasteiger partial charge is 0.317 e. The molecule has 2 heterocycles. The number of ether oxygens (including phenoxy) is 2. The van der Waals surface area contributed by atoms with Crippen molar-refractivity contribution in [3.8, 4) is 0 Å². The fraction of sp³-hybridized carbons (Fsp3) is 0.833. The topological polar surface area (TPSA) is 69.7 Å². The molecule has 0 N–H and O–H groups in total.